The first kappa shape index (κ1) is 16.2. The van der Waals surface area contributed by atoms with E-state index >= 15 is 0 Å². The monoisotopic (exact) mass is 360 g/mol. The van der Waals surface area contributed by atoms with E-state index in [0.717, 1.165) is 29.7 Å². The highest BCUT2D eigenvalue weighted by Gasteiger charge is 2.51. The maximum absolute atomic E-state index is 12.2. The van der Waals surface area contributed by atoms with E-state index in [0.29, 0.717) is 17.2 Å². The number of hydrogen-bond acceptors (Lipinski definition) is 4. The zero-order valence-corrected chi connectivity index (χ0v) is 14.5. The highest BCUT2D eigenvalue weighted by molar-refractivity contribution is 5.53. The molecule has 138 valence electrons. The molecule has 4 bridgehead atoms. The van der Waals surface area contributed by atoms with Gasteiger partial charge in [0, 0.05) is 12.0 Å². The summed E-state index contributed by atoms with van der Waals surface area (Å²) in [6.07, 6.45) is 9.03. The Morgan fingerprint density at radius 2 is 1.62 bits per heavy atom. The number of alkyl halides is 2. The fraction of sp³-hybridized carbons (Fsp3) is 0.600. The Hall–Kier alpha value is -1.98. The molecule has 1 aromatic carbocycles. The predicted molar refractivity (Wildman–Crippen MR) is 90.7 cm³/mol. The molecule has 0 unspecified atom stereocenters. The molecule has 0 atom stereocenters. The van der Waals surface area contributed by atoms with Gasteiger partial charge in [-0.2, -0.15) is 8.78 Å². The second-order valence-electron chi connectivity index (χ2n) is 8.50. The molecule has 4 fully saturated rings. The minimum Gasteiger partial charge on any atom is -0.435 e. The molecule has 0 aliphatic heterocycles. The Bertz CT molecular complexity index is 752. The average molecular weight is 360 g/mol. The van der Waals surface area contributed by atoms with Gasteiger partial charge in [-0.3, -0.25) is 0 Å². The molecule has 4 aliphatic rings. The first-order valence-corrected chi connectivity index (χ1v) is 9.45. The van der Waals surface area contributed by atoms with Crippen LogP contribution in [0.4, 0.5) is 8.78 Å². The average Bonchev–Trinajstić information content (AvgIpc) is 3.01. The van der Waals surface area contributed by atoms with Crippen molar-refractivity contribution in [2.45, 2.75) is 51.6 Å². The molecule has 2 aromatic rings. The minimum absolute atomic E-state index is 0.122. The standard InChI is InChI=1S/C20H22F2N2O2/c21-19(22)25-16-3-1-15(2-4-16)18-24-23-17(26-18)11-20-8-12-5-13(9-20)7-14(6-12)10-20/h1-4,12-14,19H,5-11H2. The van der Waals surface area contributed by atoms with Gasteiger partial charge >= 0.3 is 6.61 Å². The summed E-state index contributed by atoms with van der Waals surface area (Å²) in [5.41, 5.74) is 1.07. The summed E-state index contributed by atoms with van der Waals surface area (Å²) in [5, 5.41) is 8.44. The molecule has 0 amide bonds. The number of aromatic nitrogens is 2. The van der Waals surface area contributed by atoms with Crippen LogP contribution >= 0.6 is 0 Å². The van der Waals surface area contributed by atoms with Crippen molar-refractivity contribution in [3.8, 4) is 17.2 Å². The second kappa shape index (κ2) is 6.03. The van der Waals surface area contributed by atoms with E-state index in [-0.39, 0.29) is 5.75 Å². The van der Waals surface area contributed by atoms with Gasteiger partial charge in [0.25, 0.3) is 0 Å². The third-order valence-electron chi connectivity index (χ3n) is 6.48. The largest absolute Gasteiger partial charge is 0.435 e. The quantitative estimate of drug-likeness (QED) is 0.744. The van der Waals surface area contributed by atoms with Crippen LogP contribution in [0.15, 0.2) is 28.7 Å². The maximum Gasteiger partial charge on any atom is 0.387 e. The summed E-state index contributed by atoms with van der Waals surface area (Å²) in [7, 11) is 0. The molecule has 26 heavy (non-hydrogen) atoms. The van der Waals surface area contributed by atoms with E-state index in [1.54, 1.807) is 12.1 Å². The Kier molecular flexibility index (Phi) is 3.76. The van der Waals surface area contributed by atoms with Crippen molar-refractivity contribution < 1.29 is 17.9 Å². The van der Waals surface area contributed by atoms with Crippen LogP contribution in [-0.2, 0) is 6.42 Å². The molecule has 0 spiro atoms. The molecular weight excluding hydrogens is 338 g/mol. The van der Waals surface area contributed by atoms with Crippen molar-refractivity contribution in [1.82, 2.24) is 10.2 Å². The molecule has 0 radical (unpaired) electrons. The van der Waals surface area contributed by atoms with Gasteiger partial charge in [-0.1, -0.05) is 0 Å². The smallest absolute Gasteiger partial charge is 0.387 e. The van der Waals surface area contributed by atoms with E-state index in [1.807, 2.05) is 0 Å². The lowest BCUT2D eigenvalue weighted by atomic mass is 9.49. The number of ether oxygens (including phenoxy) is 1. The minimum atomic E-state index is -2.82. The van der Waals surface area contributed by atoms with Gasteiger partial charge in [0.2, 0.25) is 11.8 Å². The van der Waals surface area contributed by atoms with E-state index in [2.05, 4.69) is 14.9 Å². The lowest BCUT2D eigenvalue weighted by Crippen LogP contribution is -2.47. The van der Waals surface area contributed by atoms with E-state index < -0.39 is 6.61 Å². The van der Waals surface area contributed by atoms with E-state index in [9.17, 15) is 8.78 Å². The molecule has 4 nitrogen and oxygen atoms in total. The van der Waals surface area contributed by atoms with E-state index in [1.165, 1.54) is 50.7 Å². The molecular formula is C20H22F2N2O2. The van der Waals surface area contributed by atoms with Gasteiger partial charge in [-0.15, -0.1) is 10.2 Å². The van der Waals surface area contributed by atoms with Crippen LogP contribution in [0.1, 0.15) is 44.4 Å². The van der Waals surface area contributed by atoms with Gasteiger partial charge in [0.1, 0.15) is 5.75 Å². The number of benzene rings is 1. The van der Waals surface area contributed by atoms with Crippen molar-refractivity contribution >= 4 is 0 Å². The molecule has 0 N–H and O–H groups in total. The van der Waals surface area contributed by atoms with E-state index in [4.69, 9.17) is 4.42 Å². The molecule has 4 saturated carbocycles. The van der Waals surface area contributed by atoms with Crippen LogP contribution in [0.2, 0.25) is 0 Å². The zero-order valence-electron chi connectivity index (χ0n) is 14.5. The number of halogens is 2. The Balaban J connectivity index is 1.31. The summed E-state index contributed by atoms with van der Waals surface area (Å²) >= 11 is 0. The summed E-state index contributed by atoms with van der Waals surface area (Å²) in [5.74, 6) is 3.95. The normalized spacial score (nSPS) is 32.3. The van der Waals surface area contributed by atoms with Gasteiger partial charge in [-0.25, -0.2) is 0 Å². The molecule has 1 aromatic heterocycles. The van der Waals surface area contributed by atoms with Crippen molar-refractivity contribution in [2.75, 3.05) is 0 Å². The Morgan fingerprint density at radius 1 is 1.00 bits per heavy atom. The predicted octanol–water partition coefficient (Wildman–Crippen LogP) is 5.10. The van der Waals surface area contributed by atoms with Crippen molar-refractivity contribution in [3.63, 3.8) is 0 Å². The number of nitrogens with zero attached hydrogens (tertiary/aromatic N) is 2. The second-order valence-corrected chi connectivity index (χ2v) is 8.50. The molecule has 1 heterocycles. The maximum atomic E-state index is 12.2. The first-order chi connectivity index (χ1) is 12.6. The fourth-order valence-corrected chi connectivity index (χ4v) is 6.05. The zero-order chi connectivity index (χ0) is 17.7. The molecule has 6 rings (SSSR count). The summed E-state index contributed by atoms with van der Waals surface area (Å²) in [6, 6.07) is 6.31. The molecule has 4 aliphatic carbocycles. The Morgan fingerprint density at radius 3 is 2.19 bits per heavy atom. The van der Waals surface area contributed by atoms with Crippen molar-refractivity contribution in [1.29, 1.82) is 0 Å². The molecule has 0 saturated heterocycles. The molecule has 6 heteroatoms. The van der Waals surface area contributed by atoms with Crippen LogP contribution in [0, 0.1) is 23.2 Å². The SMILES string of the molecule is FC(F)Oc1ccc(-c2nnc(CC34CC5CC(CC(C5)C3)C4)o2)cc1. The van der Waals surface area contributed by atoms with Crippen LogP contribution in [-0.4, -0.2) is 16.8 Å². The van der Waals surface area contributed by atoms with Crippen LogP contribution in [0.3, 0.4) is 0 Å². The van der Waals surface area contributed by atoms with Gasteiger partial charge < -0.3 is 9.15 Å². The Labute approximate surface area is 150 Å². The third kappa shape index (κ3) is 2.99. The van der Waals surface area contributed by atoms with Crippen LogP contribution in [0.25, 0.3) is 11.5 Å². The van der Waals surface area contributed by atoms with Gasteiger partial charge in [-0.05, 0) is 86.0 Å². The topological polar surface area (TPSA) is 48.2 Å². The lowest BCUT2D eigenvalue weighted by Gasteiger charge is -2.56. The third-order valence-corrected chi connectivity index (χ3v) is 6.48. The van der Waals surface area contributed by atoms with Crippen LogP contribution < -0.4 is 4.74 Å². The lowest BCUT2D eigenvalue weighted by molar-refractivity contribution is -0.0550. The van der Waals surface area contributed by atoms with Crippen molar-refractivity contribution in [2.24, 2.45) is 23.2 Å². The van der Waals surface area contributed by atoms with Crippen molar-refractivity contribution in [3.05, 3.63) is 30.2 Å². The highest BCUT2D eigenvalue weighted by Crippen LogP contribution is 2.61. The first-order valence-electron chi connectivity index (χ1n) is 9.45. The van der Waals surface area contributed by atoms with Gasteiger partial charge in [0.15, 0.2) is 0 Å². The summed E-state index contributed by atoms with van der Waals surface area (Å²) < 4.78 is 34.8. The number of rotatable bonds is 5. The summed E-state index contributed by atoms with van der Waals surface area (Å²) in [4.78, 5) is 0. The highest BCUT2D eigenvalue weighted by atomic mass is 19.3. The van der Waals surface area contributed by atoms with Gasteiger partial charge in [0.05, 0.1) is 0 Å². The number of hydrogen-bond donors (Lipinski definition) is 0. The summed E-state index contributed by atoms with van der Waals surface area (Å²) in [6.45, 7) is -2.82. The van der Waals surface area contributed by atoms with Crippen LogP contribution in [0.5, 0.6) is 5.75 Å². The fourth-order valence-electron chi connectivity index (χ4n) is 6.05.